The molecule has 0 saturated heterocycles. The monoisotopic (exact) mass is 504 g/mol. The molecular formula is C28H20N6O4. The molecule has 2 aromatic carbocycles. The van der Waals surface area contributed by atoms with Crippen molar-refractivity contribution in [2.75, 3.05) is 10.6 Å². The van der Waals surface area contributed by atoms with Gasteiger partial charge in [-0.3, -0.25) is 9.59 Å². The van der Waals surface area contributed by atoms with Gasteiger partial charge in [0.25, 0.3) is 0 Å². The molecule has 6 rings (SSSR count). The number of carbonyl (C=O) groups excluding carboxylic acids is 2. The van der Waals surface area contributed by atoms with Crippen molar-refractivity contribution in [3.8, 4) is 22.9 Å². The van der Waals surface area contributed by atoms with Crippen LogP contribution in [0.1, 0.15) is 12.8 Å². The van der Waals surface area contributed by atoms with E-state index in [9.17, 15) is 9.59 Å². The summed E-state index contributed by atoms with van der Waals surface area (Å²) in [7, 11) is 0. The largest absolute Gasteiger partial charge is 0.434 e. The summed E-state index contributed by atoms with van der Waals surface area (Å²) < 4.78 is 11.4. The molecule has 2 N–H and O–H groups in total. The third-order valence-corrected chi connectivity index (χ3v) is 5.74. The van der Waals surface area contributed by atoms with Gasteiger partial charge in [0.05, 0.1) is 0 Å². The van der Waals surface area contributed by atoms with Crippen molar-refractivity contribution in [1.82, 2.24) is 19.9 Å². The first kappa shape index (κ1) is 23.0. The topological polar surface area (TPSA) is 136 Å². The highest BCUT2D eigenvalue weighted by molar-refractivity contribution is 5.97. The van der Waals surface area contributed by atoms with Crippen molar-refractivity contribution in [3.63, 3.8) is 0 Å². The molecule has 0 spiro atoms. The molecule has 0 fully saturated rings. The molecule has 0 unspecified atom stereocenters. The van der Waals surface area contributed by atoms with Crippen LogP contribution in [-0.2, 0) is 9.59 Å². The smallest absolute Gasteiger partial charge is 0.228 e. The lowest BCUT2D eigenvalue weighted by molar-refractivity contribution is -0.121. The molecule has 10 nitrogen and oxygen atoms in total. The highest BCUT2D eigenvalue weighted by atomic mass is 16.4. The van der Waals surface area contributed by atoms with Crippen molar-refractivity contribution in [1.29, 1.82) is 0 Å². The molecule has 6 aromatic rings. The molecule has 0 bridgehead atoms. The Kier molecular flexibility index (Phi) is 6.03. The van der Waals surface area contributed by atoms with E-state index in [0.717, 1.165) is 11.1 Å². The molecule has 0 aliphatic rings. The normalized spacial score (nSPS) is 11.1. The SMILES string of the molecule is O=C(CCC(=O)Nc1ccc(-c2nc3ncccc3o2)cc1)Nc1ccc(-c2nc3ncccc3o2)cc1. The van der Waals surface area contributed by atoms with Gasteiger partial charge in [0.1, 0.15) is 0 Å². The molecule has 0 aliphatic heterocycles. The highest BCUT2D eigenvalue weighted by Gasteiger charge is 2.12. The number of aromatic nitrogens is 4. The standard InChI is InChI=1S/C28H20N6O4/c35-23(31-19-9-5-17(6-10-19)27-33-25-21(37-27)3-1-15-29-25)13-14-24(36)32-20-11-7-18(8-12-20)28-34-26-22(38-28)4-2-16-30-26/h1-12,15-16H,13-14H2,(H,31,35)(H,32,36). The van der Waals surface area contributed by atoms with Gasteiger partial charge in [-0.2, -0.15) is 9.97 Å². The van der Waals surface area contributed by atoms with Crippen LogP contribution in [0.5, 0.6) is 0 Å². The van der Waals surface area contributed by atoms with Crippen LogP contribution < -0.4 is 10.6 Å². The van der Waals surface area contributed by atoms with Crippen LogP contribution in [0, 0.1) is 0 Å². The number of fused-ring (bicyclic) bond motifs is 2. The number of oxazole rings is 2. The quantitative estimate of drug-likeness (QED) is 0.293. The molecular weight excluding hydrogens is 484 g/mol. The number of carbonyl (C=O) groups is 2. The number of hydrogen-bond acceptors (Lipinski definition) is 8. The Bertz CT molecular complexity index is 1560. The molecule has 4 heterocycles. The summed E-state index contributed by atoms with van der Waals surface area (Å²) >= 11 is 0. The van der Waals surface area contributed by atoms with Crippen LogP contribution in [0.4, 0.5) is 11.4 Å². The fourth-order valence-electron chi connectivity index (χ4n) is 3.85. The lowest BCUT2D eigenvalue weighted by Gasteiger charge is -2.07. The summed E-state index contributed by atoms with van der Waals surface area (Å²) in [6.07, 6.45) is 3.39. The van der Waals surface area contributed by atoms with E-state index in [-0.39, 0.29) is 24.7 Å². The molecule has 2 amide bonds. The molecule has 0 atom stereocenters. The number of nitrogens with one attached hydrogen (secondary N) is 2. The summed E-state index contributed by atoms with van der Waals surface area (Å²) in [4.78, 5) is 41.8. The Hall–Kier alpha value is -5.38. The average molecular weight is 505 g/mol. The van der Waals surface area contributed by atoms with Crippen LogP contribution in [-0.4, -0.2) is 31.8 Å². The molecule has 186 valence electrons. The Balaban J connectivity index is 1.000. The number of pyridine rings is 2. The van der Waals surface area contributed by atoms with Gasteiger partial charge in [-0.05, 0) is 72.8 Å². The molecule has 0 saturated carbocycles. The van der Waals surface area contributed by atoms with Gasteiger partial charge in [-0.25, -0.2) is 9.97 Å². The van der Waals surface area contributed by atoms with E-state index in [1.54, 1.807) is 85.2 Å². The first-order chi connectivity index (χ1) is 18.6. The minimum atomic E-state index is -0.265. The van der Waals surface area contributed by atoms with E-state index >= 15 is 0 Å². The van der Waals surface area contributed by atoms with Crippen molar-refractivity contribution in [2.45, 2.75) is 12.8 Å². The maximum Gasteiger partial charge on any atom is 0.228 e. The van der Waals surface area contributed by atoms with Gasteiger partial charge < -0.3 is 19.5 Å². The van der Waals surface area contributed by atoms with Crippen molar-refractivity contribution in [3.05, 3.63) is 85.2 Å². The van der Waals surface area contributed by atoms with Crippen molar-refractivity contribution >= 4 is 45.6 Å². The second kappa shape index (κ2) is 9.94. The molecule has 38 heavy (non-hydrogen) atoms. The number of rotatable bonds is 7. The summed E-state index contributed by atoms with van der Waals surface area (Å²) in [5.74, 6) is 0.372. The molecule has 0 aliphatic carbocycles. The highest BCUT2D eigenvalue weighted by Crippen LogP contribution is 2.25. The van der Waals surface area contributed by atoms with Crippen LogP contribution >= 0.6 is 0 Å². The number of nitrogens with zero attached hydrogens (tertiary/aromatic N) is 4. The minimum absolute atomic E-state index is 0.0401. The van der Waals surface area contributed by atoms with Crippen LogP contribution in [0.25, 0.3) is 45.4 Å². The lowest BCUT2D eigenvalue weighted by atomic mass is 10.2. The lowest BCUT2D eigenvalue weighted by Crippen LogP contribution is -2.17. The zero-order valence-corrected chi connectivity index (χ0v) is 19.9. The van der Waals surface area contributed by atoms with E-state index in [4.69, 9.17) is 8.83 Å². The number of benzene rings is 2. The van der Waals surface area contributed by atoms with E-state index < -0.39 is 0 Å². The zero-order chi connectivity index (χ0) is 25.9. The first-order valence-corrected chi connectivity index (χ1v) is 11.8. The predicted molar refractivity (Wildman–Crippen MR) is 141 cm³/mol. The average Bonchev–Trinajstić information content (AvgIpc) is 3.57. The fraction of sp³-hybridized carbons (Fsp3) is 0.0714. The fourth-order valence-corrected chi connectivity index (χ4v) is 3.85. The molecule has 4 aromatic heterocycles. The Morgan fingerprint density at radius 2 is 1.03 bits per heavy atom. The van der Waals surface area contributed by atoms with E-state index in [1.165, 1.54) is 0 Å². The van der Waals surface area contributed by atoms with Gasteiger partial charge in [-0.15, -0.1) is 0 Å². The number of amides is 2. The van der Waals surface area contributed by atoms with Gasteiger partial charge in [0, 0.05) is 47.7 Å². The molecule has 10 heteroatoms. The van der Waals surface area contributed by atoms with Gasteiger partial charge in [0.15, 0.2) is 22.5 Å². The number of anilines is 2. The van der Waals surface area contributed by atoms with Crippen molar-refractivity contribution < 1.29 is 18.4 Å². The Morgan fingerprint density at radius 1 is 0.605 bits per heavy atom. The van der Waals surface area contributed by atoms with E-state index in [1.807, 2.05) is 0 Å². The summed E-state index contributed by atoms with van der Waals surface area (Å²) in [6.45, 7) is 0. The maximum atomic E-state index is 12.4. The third kappa shape index (κ3) is 4.96. The Labute approximate surface area is 215 Å². The maximum absolute atomic E-state index is 12.4. The predicted octanol–water partition coefficient (Wildman–Crippen LogP) is 5.45. The second-order valence-corrected chi connectivity index (χ2v) is 8.44. The van der Waals surface area contributed by atoms with E-state index in [2.05, 4.69) is 30.6 Å². The minimum Gasteiger partial charge on any atom is -0.434 e. The Morgan fingerprint density at radius 3 is 1.42 bits per heavy atom. The van der Waals surface area contributed by atoms with Gasteiger partial charge in [-0.1, -0.05) is 0 Å². The third-order valence-electron chi connectivity index (χ3n) is 5.74. The van der Waals surface area contributed by atoms with Crippen LogP contribution in [0.15, 0.2) is 94.0 Å². The van der Waals surface area contributed by atoms with Gasteiger partial charge >= 0.3 is 0 Å². The summed E-state index contributed by atoms with van der Waals surface area (Å²) in [5, 5.41) is 5.60. The van der Waals surface area contributed by atoms with E-state index in [0.29, 0.717) is 45.6 Å². The number of hydrogen-bond donors (Lipinski definition) is 2. The van der Waals surface area contributed by atoms with Crippen LogP contribution in [0.2, 0.25) is 0 Å². The second-order valence-electron chi connectivity index (χ2n) is 8.44. The van der Waals surface area contributed by atoms with Crippen molar-refractivity contribution in [2.24, 2.45) is 0 Å². The summed E-state index contributed by atoms with van der Waals surface area (Å²) in [6, 6.07) is 21.4. The first-order valence-electron chi connectivity index (χ1n) is 11.8. The van der Waals surface area contributed by atoms with Gasteiger partial charge in [0.2, 0.25) is 23.6 Å². The molecule has 0 radical (unpaired) electrons. The zero-order valence-electron chi connectivity index (χ0n) is 19.9. The summed E-state index contributed by atoms with van der Waals surface area (Å²) in [5.41, 5.74) is 5.03. The van der Waals surface area contributed by atoms with Crippen LogP contribution in [0.3, 0.4) is 0 Å².